The number of nitrogens with zero attached hydrogens (tertiary/aromatic N) is 1. The summed E-state index contributed by atoms with van der Waals surface area (Å²) in [7, 11) is 0. The molecular weight excluding hydrogens is 198 g/mol. The first-order chi connectivity index (χ1) is 6.83. The predicted molar refractivity (Wildman–Crippen MR) is 57.0 cm³/mol. The summed E-state index contributed by atoms with van der Waals surface area (Å²) in [6, 6.07) is 5.75. The Morgan fingerprint density at radius 3 is 3.07 bits per heavy atom. The molecule has 4 heteroatoms. The Labute approximate surface area is 87.9 Å². The fourth-order valence-corrected chi connectivity index (χ4v) is 1.66. The number of ether oxygens (including phenoxy) is 1. The van der Waals surface area contributed by atoms with Crippen molar-refractivity contribution in [1.82, 2.24) is 4.98 Å². The van der Waals surface area contributed by atoms with E-state index in [4.69, 9.17) is 4.74 Å². The van der Waals surface area contributed by atoms with Gasteiger partial charge in [0.15, 0.2) is 0 Å². The highest BCUT2D eigenvalue weighted by Gasteiger charge is 2.01. The molecule has 0 amide bonds. The Morgan fingerprint density at radius 2 is 2.43 bits per heavy atom. The lowest BCUT2D eigenvalue weighted by Crippen LogP contribution is -2.06. The molecule has 0 spiro atoms. The molecule has 0 aromatic carbocycles. The molecule has 0 bridgehead atoms. The van der Waals surface area contributed by atoms with Crippen LogP contribution in [-0.4, -0.2) is 23.3 Å². The molecule has 0 fully saturated rings. The van der Waals surface area contributed by atoms with Crippen LogP contribution >= 0.6 is 11.8 Å². The zero-order valence-corrected chi connectivity index (χ0v) is 8.92. The van der Waals surface area contributed by atoms with Crippen molar-refractivity contribution in [3.63, 3.8) is 0 Å². The molecule has 0 atom stereocenters. The molecule has 0 saturated carbocycles. The summed E-state index contributed by atoms with van der Waals surface area (Å²) in [5.41, 5.74) is 0.988. The molecular formula is C10H13NO2S. The molecule has 0 aliphatic rings. The minimum Gasteiger partial charge on any atom is -0.465 e. The Balaban J connectivity index is 2.19. The Hall–Kier alpha value is -1.03. The van der Waals surface area contributed by atoms with Crippen LogP contribution in [0, 0.1) is 0 Å². The molecule has 1 aromatic rings. The molecule has 1 aromatic heterocycles. The first-order valence-electron chi connectivity index (χ1n) is 4.46. The molecule has 1 heterocycles. The van der Waals surface area contributed by atoms with Gasteiger partial charge in [0.2, 0.25) is 0 Å². The van der Waals surface area contributed by atoms with Gasteiger partial charge in [0, 0.05) is 11.9 Å². The minimum absolute atomic E-state index is 0.159. The molecule has 0 saturated heterocycles. The number of carbonyl (C=O) groups excluding carboxylic acids is 1. The van der Waals surface area contributed by atoms with E-state index in [1.165, 1.54) is 11.8 Å². The van der Waals surface area contributed by atoms with E-state index in [-0.39, 0.29) is 5.97 Å². The van der Waals surface area contributed by atoms with Crippen LogP contribution in [0.5, 0.6) is 0 Å². The van der Waals surface area contributed by atoms with Crippen molar-refractivity contribution in [2.24, 2.45) is 0 Å². The van der Waals surface area contributed by atoms with Gasteiger partial charge in [-0.2, -0.15) is 0 Å². The maximum atomic E-state index is 11.0. The summed E-state index contributed by atoms with van der Waals surface area (Å²) in [5, 5.41) is 0. The Morgan fingerprint density at radius 1 is 1.57 bits per heavy atom. The number of aromatic nitrogens is 1. The van der Waals surface area contributed by atoms with Crippen LogP contribution in [0.25, 0.3) is 0 Å². The number of hydrogen-bond acceptors (Lipinski definition) is 4. The van der Waals surface area contributed by atoms with E-state index in [9.17, 15) is 4.79 Å². The summed E-state index contributed by atoms with van der Waals surface area (Å²) in [6.07, 6.45) is 1.75. The van der Waals surface area contributed by atoms with E-state index in [0.29, 0.717) is 12.4 Å². The van der Waals surface area contributed by atoms with E-state index in [2.05, 4.69) is 4.98 Å². The monoisotopic (exact) mass is 211 g/mol. The van der Waals surface area contributed by atoms with Crippen LogP contribution in [0.2, 0.25) is 0 Å². The summed E-state index contributed by atoms with van der Waals surface area (Å²) in [4.78, 5) is 15.1. The van der Waals surface area contributed by atoms with Gasteiger partial charge in [-0.05, 0) is 19.1 Å². The molecule has 0 N–H and O–H groups in total. The lowest BCUT2D eigenvalue weighted by molar-refractivity contribution is -0.139. The van der Waals surface area contributed by atoms with Crippen molar-refractivity contribution >= 4 is 17.7 Å². The summed E-state index contributed by atoms with van der Waals surface area (Å²) in [5.74, 6) is 0.984. The molecule has 0 unspecified atom stereocenters. The second-order valence-electron chi connectivity index (χ2n) is 2.62. The van der Waals surface area contributed by atoms with Gasteiger partial charge < -0.3 is 4.74 Å². The molecule has 0 aliphatic heterocycles. The van der Waals surface area contributed by atoms with E-state index < -0.39 is 0 Å². The lowest BCUT2D eigenvalue weighted by Gasteiger charge is -2.01. The number of hydrogen-bond donors (Lipinski definition) is 0. The standard InChI is InChI=1S/C10H13NO2S/c1-2-13-10(12)8-14-7-9-5-3-4-6-11-9/h3-6H,2,7-8H2,1H3. The smallest absolute Gasteiger partial charge is 0.315 e. The zero-order valence-electron chi connectivity index (χ0n) is 8.10. The Kier molecular flexibility index (Phi) is 5.07. The van der Waals surface area contributed by atoms with Crippen LogP contribution < -0.4 is 0 Å². The molecule has 0 radical (unpaired) electrons. The van der Waals surface area contributed by atoms with Gasteiger partial charge in [0.1, 0.15) is 0 Å². The van der Waals surface area contributed by atoms with Crippen LogP contribution in [0.15, 0.2) is 24.4 Å². The molecule has 1 rings (SSSR count). The van der Waals surface area contributed by atoms with E-state index in [0.717, 1.165) is 11.4 Å². The van der Waals surface area contributed by atoms with Crippen LogP contribution in [0.3, 0.4) is 0 Å². The van der Waals surface area contributed by atoms with Crippen LogP contribution in [0.1, 0.15) is 12.6 Å². The van der Waals surface area contributed by atoms with Crippen LogP contribution in [-0.2, 0) is 15.3 Å². The zero-order chi connectivity index (χ0) is 10.2. The van der Waals surface area contributed by atoms with Gasteiger partial charge >= 0.3 is 5.97 Å². The van der Waals surface area contributed by atoms with Gasteiger partial charge in [-0.15, -0.1) is 11.8 Å². The summed E-state index contributed by atoms with van der Waals surface area (Å²) in [6.45, 7) is 2.25. The maximum absolute atomic E-state index is 11.0. The van der Waals surface area contributed by atoms with E-state index in [1.54, 1.807) is 13.1 Å². The van der Waals surface area contributed by atoms with Crippen molar-refractivity contribution in [3.05, 3.63) is 30.1 Å². The van der Waals surface area contributed by atoms with Crippen molar-refractivity contribution < 1.29 is 9.53 Å². The fourth-order valence-electron chi connectivity index (χ4n) is 0.925. The third-order valence-corrected chi connectivity index (χ3v) is 2.44. The van der Waals surface area contributed by atoms with Gasteiger partial charge in [0.05, 0.1) is 18.1 Å². The number of pyridine rings is 1. The normalized spacial score (nSPS) is 9.79. The van der Waals surface area contributed by atoms with Gasteiger partial charge in [-0.3, -0.25) is 9.78 Å². The molecule has 76 valence electrons. The first-order valence-corrected chi connectivity index (χ1v) is 5.61. The molecule has 3 nitrogen and oxygen atoms in total. The minimum atomic E-state index is -0.159. The second-order valence-corrected chi connectivity index (χ2v) is 3.60. The highest BCUT2D eigenvalue weighted by atomic mass is 32.2. The number of carbonyl (C=O) groups is 1. The number of rotatable bonds is 5. The first kappa shape index (κ1) is 11.0. The molecule has 0 aliphatic carbocycles. The second kappa shape index (κ2) is 6.43. The molecule has 14 heavy (non-hydrogen) atoms. The van der Waals surface area contributed by atoms with Crippen LogP contribution in [0.4, 0.5) is 0 Å². The quantitative estimate of drug-likeness (QED) is 0.697. The Bertz CT molecular complexity index is 277. The summed E-state index contributed by atoms with van der Waals surface area (Å²) >= 11 is 1.52. The lowest BCUT2D eigenvalue weighted by atomic mass is 10.4. The predicted octanol–water partition coefficient (Wildman–Crippen LogP) is 1.88. The fraction of sp³-hybridized carbons (Fsp3) is 0.400. The third kappa shape index (κ3) is 4.28. The third-order valence-electron chi connectivity index (χ3n) is 1.50. The number of esters is 1. The largest absolute Gasteiger partial charge is 0.465 e. The average Bonchev–Trinajstić information content (AvgIpc) is 2.20. The highest BCUT2D eigenvalue weighted by Crippen LogP contribution is 2.09. The SMILES string of the molecule is CCOC(=O)CSCc1ccccn1. The average molecular weight is 211 g/mol. The van der Waals surface area contributed by atoms with Crippen molar-refractivity contribution in [3.8, 4) is 0 Å². The maximum Gasteiger partial charge on any atom is 0.315 e. The van der Waals surface area contributed by atoms with E-state index in [1.807, 2.05) is 18.2 Å². The van der Waals surface area contributed by atoms with Gasteiger partial charge in [-0.1, -0.05) is 6.07 Å². The van der Waals surface area contributed by atoms with Crippen molar-refractivity contribution in [1.29, 1.82) is 0 Å². The summed E-state index contributed by atoms with van der Waals surface area (Å²) < 4.78 is 4.80. The van der Waals surface area contributed by atoms with Gasteiger partial charge in [0.25, 0.3) is 0 Å². The number of thioether (sulfide) groups is 1. The topological polar surface area (TPSA) is 39.2 Å². The van der Waals surface area contributed by atoms with Crippen molar-refractivity contribution in [2.45, 2.75) is 12.7 Å². The van der Waals surface area contributed by atoms with Gasteiger partial charge in [-0.25, -0.2) is 0 Å². The highest BCUT2D eigenvalue weighted by molar-refractivity contribution is 7.99. The van der Waals surface area contributed by atoms with Crippen molar-refractivity contribution in [2.75, 3.05) is 12.4 Å². The van der Waals surface area contributed by atoms with E-state index >= 15 is 0 Å².